The van der Waals surface area contributed by atoms with Crippen LogP contribution in [0.3, 0.4) is 0 Å². The predicted octanol–water partition coefficient (Wildman–Crippen LogP) is 7.44. The van der Waals surface area contributed by atoms with E-state index in [9.17, 15) is 4.79 Å². The van der Waals surface area contributed by atoms with Crippen molar-refractivity contribution in [2.75, 3.05) is 13.7 Å². The molecule has 0 bridgehead atoms. The molecule has 4 aromatic carbocycles. The largest absolute Gasteiger partial charge is 0.493 e. The molecule has 0 saturated carbocycles. The van der Waals surface area contributed by atoms with Crippen molar-refractivity contribution >= 4 is 35.3 Å². The Kier molecular flexibility index (Phi) is 9.70. The summed E-state index contributed by atoms with van der Waals surface area (Å²) < 4.78 is 17.0. The second kappa shape index (κ2) is 13.4. The van der Waals surface area contributed by atoms with E-state index in [-0.39, 0.29) is 24.5 Å². The second-order valence-corrected chi connectivity index (χ2v) is 10.3. The Balaban J connectivity index is 1.28. The lowest BCUT2D eigenvalue weighted by molar-refractivity contribution is -0.123. The van der Waals surface area contributed by atoms with Crippen LogP contribution >= 0.6 is 23.2 Å². The Morgan fingerprint density at radius 2 is 1.52 bits per heavy atom. The highest BCUT2D eigenvalue weighted by molar-refractivity contribution is 6.35. The van der Waals surface area contributed by atoms with Crippen molar-refractivity contribution < 1.29 is 19.0 Å². The van der Waals surface area contributed by atoms with Gasteiger partial charge in [-0.25, -0.2) is 5.43 Å². The number of hydrogen-bond donors (Lipinski definition) is 1. The number of halogens is 2. The Hall–Kier alpha value is -4.00. The van der Waals surface area contributed by atoms with E-state index >= 15 is 0 Å². The molecule has 0 unspecified atom stereocenters. The van der Waals surface area contributed by atoms with Gasteiger partial charge in [0.05, 0.1) is 13.3 Å². The second-order valence-electron chi connectivity index (χ2n) is 9.50. The van der Waals surface area contributed by atoms with Crippen molar-refractivity contribution in [3.63, 3.8) is 0 Å². The fraction of sp³-hybridized carbons (Fsp3) is 0.188. The van der Waals surface area contributed by atoms with Gasteiger partial charge in [-0.3, -0.25) is 4.79 Å². The van der Waals surface area contributed by atoms with Gasteiger partial charge in [0.15, 0.2) is 18.1 Å². The molecule has 40 heavy (non-hydrogen) atoms. The minimum atomic E-state index is -0.381. The lowest BCUT2D eigenvalue weighted by Crippen LogP contribution is -2.24. The van der Waals surface area contributed by atoms with Crippen LogP contribution in [0.25, 0.3) is 0 Å². The van der Waals surface area contributed by atoms with Gasteiger partial charge in [0.2, 0.25) is 0 Å². The molecule has 0 radical (unpaired) electrons. The van der Waals surface area contributed by atoms with Crippen LogP contribution in [-0.2, 0) is 16.8 Å². The van der Waals surface area contributed by atoms with Crippen molar-refractivity contribution in [2.45, 2.75) is 25.9 Å². The molecule has 0 heterocycles. The quantitative estimate of drug-likeness (QED) is 0.149. The number of nitrogens with one attached hydrogen (secondary N) is 1. The molecule has 0 aliphatic carbocycles. The van der Waals surface area contributed by atoms with Crippen molar-refractivity contribution in [1.82, 2.24) is 5.43 Å². The molecule has 4 rings (SSSR count). The van der Waals surface area contributed by atoms with Gasteiger partial charge in [-0.1, -0.05) is 85.6 Å². The van der Waals surface area contributed by atoms with Crippen LogP contribution in [-0.4, -0.2) is 25.8 Å². The zero-order valence-electron chi connectivity index (χ0n) is 22.5. The molecule has 0 aliphatic rings. The molecule has 0 atom stereocenters. The Morgan fingerprint density at radius 1 is 0.850 bits per heavy atom. The van der Waals surface area contributed by atoms with Gasteiger partial charge in [-0.15, -0.1) is 0 Å². The fourth-order valence-corrected chi connectivity index (χ4v) is 4.56. The number of carbonyl (C=O) groups excluding carboxylic acids is 1. The summed E-state index contributed by atoms with van der Waals surface area (Å²) in [7, 11) is 1.54. The zero-order valence-corrected chi connectivity index (χ0v) is 24.0. The number of carbonyl (C=O) groups is 1. The maximum atomic E-state index is 12.3. The minimum absolute atomic E-state index is 0.151. The molecular weight excluding hydrogens is 547 g/mol. The summed E-state index contributed by atoms with van der Waals surface area (Å²) in [5.41, 5.74) is 6.10. The van der Waals surface area contributed by atoms with Gasteiger partial charge in [0, 0.05) is 21.0 Å². The predicted molar refractivity (Wildman–Crippen MR) is 160 cm³/mol. The Bertz CT molecular complexity index is 1450. The topological polar surface area (TPSA) is 69.2 Å². The first kappa shape index (κ1) is 29.0. The molecule has 1 N–H and O–H groups in total. The molecule has 206 valence electrons. The molecule has 0 aliphatic heterocycles. The molecule has 0 spiro atoms. The third-order valence-electron chi connectivity index (χ3n) is 6.47. The molecule has 0 fully saturated rings. The van der Waals surface area contributed by atoms with E-state index in [1.165, 1.54) is 11.8 Å². The fourth-order valence-electron chi connectivity index (χ4n) is 4.05. The first-order valence-corrected chi connectivity index (χ1v) is 13.4. The van der Waals surface area contributed by atoms with Crippen LogP contribution in [0.5, 0.6) is 17.2 Å². The summed E-state index contributed by atoms with van der Waals surface area (Å²) in [5, 5.41) is 5.07. The average molecular weight is 578 g/mol. The molecule has 0 aromatic heterocycles. The molecular formula is C32H30Cl2N2O4. The van der Waals surface area contributed by atoms with Gasteiger partial charge < -0.3 is 14.2 Å². The average Bonchev–Trinajstić information content (AvgIpc) is 2.97. The van der Waals surface area contributed by atoms with E-state index < -0.39 is 0 Å². The van der Waals surface area contributed by atoms with Crippen LogP contribution in [0.15, 0.2) is 96.1 Å². The van der Waals surface area contributed by atoms with Crippen molar-refractivity contribution in [3.8, 4) is 17.2 Å². The Labute approximate surface area is 244 Å². The minimum Gasteiger partial charge on any atom is -0.493 e. The van der Waals surface area contributed by atoms with Crippen molar-refractivity contribution in [3.05, 3.63) is 123 Å². The van der Waals surface area contributed by atoms with Crippen molar-refractivity contribution in [1.29, 1.82) is 0 Å². The number of hydrogen-bond acceptors (Lipinski definition) is 5. The van der Waals surface area contributed by atoms with Crippen molar-refractivity contribution in [2.24, 2.45) is 5.10 Å². The highest BCUT2D eigenvalue weighted by Crippen LogP contribution is 2.33. The summed E-state index contributed by atoms with van der Waals surface area (Å²) in [6, 6.07) is 28.7. The number of nitrogens with zero attached hydrogens (tertiary/aromatic N) is 1. The molecule has 8 heteroatoms. The number of rotatable bonds is 11. The summed E-state index contributed by atoms with van der Waals surface area (Å²) in [4.78, 5) is 12.3. The van der Waals surface area contributed by atoms with Gasteiger partial charge in [-0.2, -0.15) is 5.10 Å². The number of ether oxygens (including phenoxy) is 3. The number of hydrazone groups is 1. The van der Waals surface area contributed by atoms with Crippen LogP contribution < -0.4 is 19.6 Å². The standard InChI is InChI=1S/C32H30Cl2N2O4/c1-32(2,23-8-5-4-6-9-23)24-13-15-25(16-14-24)39-21-31(37)36-35-19-22-12-17-29(30(18-22)38-3)40-20-26-27(33)10-7-11-28(26)34/h4-19H,20-21H2,1-3H3,(H,36,37)/b35-19+. The maximum absolute atomic E-state index is 12.3. The summed E-state index contributed by atoms with van der Waals surface area (Å²) >= 11 is 12.4. The maximum Gasteiger partial charge on any atom is 0.277 e. The zero-order chi connectivity index (χ0) is 28.5. The summed E-state index contributed by atoms with van der Waals surface area (Å²) in [5.74, 6) is 1.24. The summed E-state index contributed by atoms with van der Waals surface area (Å²) in [6.07, 6.45) is 1.51. The van der Waals surface area contributed by atoms with Gasteiger partial charge in [0.1, 0.15) is 12.4 Å². The third-order valence-corrected chi connectivity index (χ3v) is 7.17. The molecule has 4 aromatic rings. The van der Waals surface area contributed by atoms with E-state index in [0.29, 0.717) is 38.4 Å². The number of methoxy groups -OCH3 is 1. The monoisotopic (exact) mass is 576 g/mol. The van der Waals surface area contributed by atoms with Gasteiger partial charge in [-0.05, 0) is 59.2 Å². The normalized spacial score (nSPS) is 11.3. The van der Waals surface area contributed by atoms with Crippen LogP contribution in [0.4, 0.5) is 0 Å². The van der Waals surface area contributed by atoms with E-state index in [4.69, 9.17) is 37.4 Å². The Morgan fingerprint density at radius 3 is 2.20 bits per heavy atom. The first-order valence-electron chi connectivity index (χ1n) is 12.6. The number of amides is 1. The lowest BCUT2D eigenvalue weighted by Gasteiger charge is -2.26. The first-order chi connectivity index (χ1) is 19.3. The molecule has 0 saturated heterocycles. The van der Waals surface area contributed by atoms with Crippen LogP contribution in [0.2, 0.25) is 10.0 Å². The number of benzene rings is 4. The highest BCUT2D eigenvalue weighted by atomic mass is 35.5. The van der Waals surface area contributed by atoms with Gasteiger partial charge >= 0.3 is 0 Å². The third kappa shape index (κ3) is 7.34. The lowest BCUT2D eigenvalue weighted by atomic mass is 9.78. The smallest absolute Gasteiger partial charge is 0.277 e. The van der Waals surface area contributed by atoms with Gasteiger partial charge in [0.25, 0.3) is 5.91 Å². The molecule has 6 nitrogen and oxygen atoms in total. The summed E-state index contributed by atoms with van der Waals surface area (Å²) in [6.45, 7) is 4.37. The van der Waals surface area contributed by atoms with Crippen LogP contribution in [0.1, 0.15) is 36.1 Å². The van der Waals surface area contributed by atoms with E-state index in [0.717, 1.165) is 5.56 Å². The SMILES string of the molecule is COc1cc(/C=N/NC(=O)COc2ccc(C(C)(C)c3ccccc3)cc2)ccc1OCc1c(Cl)cccc1Cl. The van der Waals surface area contributed by atoms with E-state index in [1.807, 2.05) is 42.5 Å². The molecule has 1 amide bonds. The van der Waals surface area contributed by atoms with E-state index in [2.05, 4.69) is 36.5 Å². The van der Waals surface area contributed by atoms with Crippen LogP contribution in [0, 0.1) is 0 Å². The van der Waals surface area contributed by atoms with E-state index in [1.54, 1.807) is 43.5 Å². The highest BCUT2D eigenvalue weighted by Gasteiger charge is 2.22.